The first-order chi connectivity index (χ1) is 17.4. The van der Waals surface area contributed by atoms with Crippen LogP contribution in [0.1, 0.15) is 24.1 Å². The van der Waals surface area contributed by atoms with Gasteiger partial charge in [-0.2, -0.15) is 0 Å². The largest absolute Gasteiger partial charge is 0.507 e. The Kier molecular flexibility index (Phi) is 5.77. The van der Waals surface area contributed by atoms with Gasteiger partial charge in [0.2, 0.25) is 5.91 Å². The van der Waals surface area contributed by atoms with Crippen LogP contribution in [0.15, 0.2) is 84.6 Å². The minimum absolute atomic E-state index is 0.0131. The van der Waals surface area contributed by atoms with Gasteiger partial charge in [-0.1, -0.05) is 30.3 Å². The van der Waals surface area contributed by atoms with Gasteiger partial charge in [0.25, 0.3) is 11.7 Å². The van der Waals surface area contributed by atoms with Crippen LogP contribution in [0, 0.1) is 0 Å². The molecular formula is C28H23N3O5. The minimum atomic E-state index is -0.879. The number of aromatic nitrogens is 1. The quantitative estimate of drug-likeness (QED) is 0.216. The topological polar surface area (TPSA) is 112 Å². The van der Waals surface area contributed by atoms with Gasteiger partial charge in [-0.15, -0.1) is 0 Å². The van der Waals surface area contributed by atoms with Crippen molar-refractivity contribution in [3.8, 4) is 5.75 Å². The molecule has 3 N–H and O–H groups in total. The molecule has 0 bridgehead atoms. The van der Waals surface area contributed by atoms with Gasteiger partial charge in [-0.3, -0.25) is 19.3 Å². The highest BCUT2D eigenvalue weighted by Crippen LogP contribution is 2.43. The predicted molar refractivity (Wildman–Crippen MR) is 137 cm³/mol. The molecule has 2 heterocycles. The first-order valence-electron chi connectivity index (χ1n) is 11.3. The monoisotopic (exact) mass is 481 g/mol. The van der Waals surface area contributed by atoms with Crippen molar-refractivity contribution in [2.75, 3.05) is 17.3 Å². The fourth-order valence-electron chi connectivity index (χ4n) is 4.52. The van der Waals surface area contributed by atoms with E-state index in [-0.39, 0.29) is 17.2 Å². The fourth-order valence-corrected chi connectivity index (χ4v) is 4.52. The van der Waals surface area contributed by atoms with E-state index in [2.05, 4.69) is 10.3 Å². The molecule has 1 aliphatic heterocycles. The summed E-state index contributed by atoms with van der Waals surface area (Å²) in [6.45, 7) is 1.40. The van der Waals surface area contributed by atoms with Crippen molar-refractivity contribution in [3.05, 3.63) is 95.7 Å². The number of rotatable bonds is 5. The van der Waals surface area contributed by atoms with Gasteiger partial charge < -0.3 is 20.1 Å². The molecule has 36 heavy (non-hydrogen) atoms. The summed E-state index contributed by atoms with van der Waals surface area (Å²) < 4.78 is 5.26. The number of aliphatic hydroxyl groups excluding tert-OH is 1. The average Bonchev–Trinajstić information content (AvgIpc) is 3.43. The zero-order chi connectivity index (χ0) is 25.4. The van der Waals surface area contributed by atoms with Crippen LogP contribution in [0.4, 0.5) is 11.4 Å². The average molecular weight is 482 g/mol. The summed E-state index contributed by atoms with van der Waals surface area (Å²) in [6, 6.07) is 20.1. The number of carbonyl (C=O) groups excluding carboxylic acids is 3. The number of aromatic amines is 1. The molecule has 180 valence electrons. The molecule has 1 unspecified atom stereocenters. The van der Waals surface area contributed by atoms with E-state index >= 15 is 0 Å². The number of para-hydroxylation sites is 1. The second-order valence-corrected chi connectivity index (χ2v) is 8.42. The van der Waals surface area contributed by atoms with Crippen LogP contribution < -0.4 is 15.0 Å². The molecule has 2 amide bonds. The number of Topliss-reactive ketones (excluding diaryl/α,β-unsaturated/α-hetero) is 1. The molecule has 4 aromatic rings. The molecule has 3 aromatic carbocycles. The third-order valence-corrected chi connectivity index (χ3v) is 6.19. The van der Waals surface area contributed by atoms with E-state index < -0.39 is 17.7 Å². The van der Waals surface area contributed by atoms with Gasteiger partial charge in [0.05, 0.1) is 18.7 Å². The number of H-pyrrole nitrogens is 1. The van der Waals surface area contributed by atoms with E-state index in [0.29, 0.717) is 28.3 Å². The zero-order valence-electron chi connectivity index (χ0n) is 19.6. The van der Waals surface area contributed by atoms with Crippen LogP contribution in [0.5, 0.6) is 5.75 Å². The predicted octanol–water partition coefficient (Wildman–Crippen LogP) is 4.76. The molecule has 1 atom stereocenters. The summed E-state index contributed by atoms with van der Waals surface area (Å²) in [5, 5.41) is 14.8. The van der Waals surface area contributed by atoms with Crippen molar-refractivity contribution in [2.24, 2.45) is 0 Å². The lowest BCUT2D eigenvalue weighted by atomic mass is 9.95. The number of nitrogens with zero attached hydrogens (tertiary/aromatic N) is 1. The van der Waals surface area contributed by atoms with E-state index in [1.807, 2.05) is 24.3 Å². The molecule has 8 heteroatoms. The van der Waals surface area contributed by atoms with E-state index in [9.17, 15) is 19.5 Å². The smallest absolute Gasteiger partial charge is 0.300 e. The summed E-state index contributed by atoms with van der Waals surface area (Å²) in [6.07, 6.45) is 1.63. The number of fused-ring (bicyclic) bond motifs is 1. The third kappa shape index (κ3) is 3.88. The number of anilines is 2. The van der Waals surface area contributed by atoms with Crippen LogP contribution in [0.2, 0.25) is 0 Å². The Morgan fingerprint density at radius 3 is 2.36 bits per heavy atom. The number of carbonyl (C=O) groups is 3. The van der Waals surface area contributed by atoms with Gasteiger partial charge in [0, 0.05) is 41.0 Å². The minimum Gasteiger partial charge on any atom is -0.507 e. The highest BCUT2D eigenvalue weighted by molar-refractivity contribution is 6.51. The number of hydrogen-bond donors (Lipinski definition) is 3. The third-order valence-electron chi connectivity index (χ3n) is 6.19. The maximum atomic E-state index is 13.4. The number of hydrogen-bond acceptors (Lipinski definition) is 5. The Balaban J connectivity index is 1.68. The lowest BCUT2D eigenvalue weighted by Gasteiger charge is -2.25. The summed E-state index contributed by atoms with van der Waals surface area (Å²) in [4.78, 5) is 42.6. The Labute approximate surface area is 206 Å². The fraction of sp³-hybridized carbons (Fsp3) is 0.107. The number of nitrogens with one attached hydrogen (secondary N) is 2. The number of aliphatic hydroxyl groups is 1. The molecule has 0 spiro atoms. The van der Waals surface area contributed by atoms with Crippen molar-refractivity contribution in [2.45, 2.75) is 13.0 Å². The van der Waals surface area contributed by atoms with Gasteiger partial charge in [-0.25, -0.2) is 0 Å². The number of amides is 2. The Morgan fingerprint density at radius 2 is 1.69 bits per heavy atom. The van der Waals surface area contributed by atoms with Crippen LogP contribution in [0.25, 0.3) is 16.7 Å². The number of methoxy groups -OCH3 is 1. The van der Waals surface area contributed by atoms with Crippen LogP contribution in [-0.4, -0.2) is 34.8 Å². The van der Waals surface area contributed by atoms with Gasteiger partial charge in [0.1, 0.15) is 11.5 Å². The molecule has 1 saturated heterocycles. The zero-order valence-corrected chi connectivity index (χ0v) is 19.6. The molecule has 8 nitrogen and oxygen atoms in total. The van der Waals surface area contributed by atoms with Crippen LogP contribution >= 0.6 is 0 Å². The number of benzene rings is 3. The summed E-state index contributed by atoms with van der Waals surface area (Å²) in [5.41, 5.74) is 2.85. The van der Waals surface area contributed by atoms with Crippen LogP contribution in [-0.2, 0) is 14.4 Å². The molecule has 1 aromatic heterocycles. The standard InChI is InChI=1S/C28H23N3O5/c1-16(32)30-18-9-11-19(12-10-18)31-25(17-7-13-20(36-2)14-8-17)24(27(34)28(31)35)26(33)22-15-29-23-6-4-3-5-21(22)23/h3-15,25,29,33H,1-2H3,(H,30,32)/b26-24-. The summed E-state index contributed by atoms with van der Waals surface area (Å²) >= 11 is 0. The van der Waals surface area contributed by atoms with Crippen LogP contribution in [0.3, 0.4) is 0 Å². The maximum absolute atomic E-state index is 13.4. The summed E-state index contributed by atoms with van der Waals surface area (Å²) in [7, 11) is 1.55. The Hall–Kier alpha value is -4.85. The van der Waals surface area contributed by atoms with E-state index in [0.717, 1.165) is 10.9 Å². The SMILES string of the molecule is COc1ccc(C2/C(=C(/O)c3c[nH]c4ccccc34)C(=O)C(=O)N2c2ccc(NC(C)=O)cc2)cc1. The van der Waals surface area contributed by atoms with E-state index in [1.54, 1.807) is 61.8 Å². The second kappa shape index (κ2) is 9.07. The molecular weight excluding hydrogens is 458 g/mol. The Morgan fingerprint density at radius 1 is 1.00 bits per heavy atom. The van der Waals surface area contributed by atoms with E-state index in [4.69, 9.17) is 4.74 Å². The molecule has 0 aliphatic carbocycles. The van der Waals surface area contributed by atoms with E-state index in [1.165, 1.54) is 11.8 Å². The van der Waals surface area contributed by atoms with Crippen molar-refractivity contribution >= 4 is 45.6 Å². The summed E-state index contributed by atoms with van der Waals surface area (Å²) in [5.74, 6) is -1.41. The second-order valence-electron chi connectivity index (χ2n) is 8.42. The first-order valence-corrected chi connectivity index (χ1v) is 11.3. The van der Waals surface area contributed by atoms with Gasteiger partial charge in [-0.05, 0) is 48.0 Å². The van der Waals surface area contributed by atoms with Gasteiger partial charge in [0.15, 0.2) is 0 Å². The molecule has 0 radical (unpaired) electrons. The van der Waals surface area contributed by atoms with Crippen molar-refractivity contribution in [1.82, 2.24) is 4.98 Å². The Bertz CT molecular complexity index is 1520. The molecule has 1 fully saturated rings. The number of ether oxygens (including phenoxy) is 1. The lowest BCUT2D eigenvalue weighted by Crippen LogP contribution is -2.29. The van der Waals surface area contributed by atoms with Gasteiger partial charge >= 0.3 is 0 Å². The molecule has 0 saturated carbocycles. The molecule has 5 rings (SSSR count). The van der Waals surface area contributed by atoms with Crippen molar-refractivity contribution in [1.29, 1.82) is 0 Å². The first kappa shape index (κ1) is 22.9. The maximum Gasteiger partial charge on any atom is 0.300 e. The highest BCUT2D eigenvalue weighted by atomic mass is 16.5. The van der Waals surface area contributed by atoms with Crippen molar-refractivity contribution in [3.63, 3.8) is 0 Å². The highest BCUT2D eigenvalue weighted by Gasteiger charge is 2.47. The lowest BCUT2D eigenvalue weighted by molar-refractivity contribution is -0.132. The normalized spacial score (nSPS) is 16.9. The number of ketones is 1. The molecule has 1 aliphatic rings. The van der Waals surface area contributed by atoms with Crippen molar-refractivity contribution < 1.29 is 24.2 Å².